The van der Waals surface area contributed by atoms with Crippen LogP contribution in [0.3, 0.4) is 0 Å². The second-order valence-corrected chi connectivity index (χ2v) is 6.52. The number of anilines is 1. The molecule has 29 heavy (non-hydrogen) atoms. The molecule has 0 saturated heterocycles. The zero-order chi connectivity index (χ0) is 20.6. The molecule has 0 bridgehead atoms. The number of aromatic nitrogens is 2. The van der Waals surface area contributed by atoms with E-state index < -0.39 is 0 Å². The maximum atomic E-state index is 13.0. The summed E-state index contributed by atoms with van der Waals surface area (Å²) >= 11 is 0. The maximum absolute atomic E-state index is 13.0. The number of hydrogen-bond acceptors (Lipinski definition) is 5. The average Bonchev–Trinajstić information content (AvgIpc) is 2.73. The molecule has 0 radical (unpaired) electrons. The number of rotatable bonds is 8. The third-order valence-corrected chi connectivity index (χ3v) is 4.33. The van der Waals surface area contributed by atoms with Crippen molar-refractivity contribution in [2.45, 2.75) is 19.9 Å². The number of halogens is 1. The molecule has 0 unspecified atom stereocenters. The number of benzene rings is 2. The van der Waals surface area contributed by atoms with Crippen molar-refractivity contribution in [2.75, 3.05) is 19.0 Å². The standard InChI is InChI=1S/C22H23FN4O2/c1-15-13-19(21(28)25-14-17-5-3-4-6-20(17)29-2)27-22(26-15)24-12-11-16-7-9-18(23)10-8-16/h3-10,13H,11-12,14H2,1-2H3,(H,25,28)(H,24,26,27). The number of amides is 1. The molecule has 0 spiro atoms. The molecule has 0 atom stereocenters. The van der Waals surface area contributed by atoms with Crippen LogP contribution in [-0.4, -0.2) is 29.5 Å². The van der Waals surface area contributed by atoms with Crippen LogP contribution in [0.4, 0.5) is 10.3 Å². The van der Waals surface area contributed by atoms with Crippen molar-refractivity contribution in [3.8, 4) is 5.75 Å². The van der Waals surface area contributed by atoms with Gasteiger partial charge in [-0.3, -0.25) is 4.79 Å². The number of nitrogens with zero attached hydrogens (tertiary/aromatic N) is 2. The Morgan fingerprint density at radius 1 is 1.10 bits per heavy atom. The van der Waals surface area contributed by atoms with Gasteiger partial charge in [0.05, 0.1) is 7.11 Å². The highest BCUT2D eigenvalue weighted by Gasteiger charge is 2.11. The Balaban J connectivity index is 1.60. The Bertz CT molecular complexity index is 977. The monoisotopic (exact) mass is 394 g/mol. The molecule has 0 aliphatic rings. The van der Waals surface area contributed by atoms with E-state index in [-0.39, 0.29) is 17.4 Å². The largest absolute Gasteiger partial charge is 0.496 e. The zero-order valence-electron chi connectivity index (χ0n) is 16.4. The Kier molecular flexibility index (Phi) is 6.73. The van der Waals surface area contributed by atoms with Crippen molar-refractivity contribution >= 4 is 11.9 Å². The number of carbonyl (C=O) groups excluding carboxylic acids is 1. The van der Waals surface area contributed by atoms with Crippen molar-refractivity contribution in [1.82, 2.24) is 15.3 Å². The smallest absolute Gasteiger partial charge is 0.270 e. The number of carbonyl (C=O) groups is 1. The summed E-state index contributed by atoms with van der Waals surface area (Å²) in [6.07, 6.45) is 0.687. The van der Waals surface area contributed by atoms with E-state index in [0.29, 0.717) is 31.2 Å². The van der Waals surface area contributed by atoms with Gasteiger partial charge < -0.3 is 15.4 Å². The second-order valence-electron chi connectivity index (χ2n) is 6.52. The van der Waals surface area contributed by atoms with Gasteiger partial charge in [-0.25, -0.2) is 14.4 Å². The molecule has 3 aromatic rings. The molecule has 1 heterocycles. The normalized spacial score (nSPS) is 10.4. The summed E-state index contributed by atoms with van der Waals surface area (Å²) in [5, 5.41) is 5.98. The van der Waals surface area contributed by atoms with E-state index in [2.05, 4.69) is 20.6 Å². The highest BCUT2D eigenvalue weighted by Crippen LogP contribution is 2.17. The second kappa shape index (κ2) is 9.64. The van der Waals surface area contributed by atoms with E-state index in [0.717, 1.165) is 16.9 Å². The van der Waals surface area contributed by atoms with Crippen LogP contribution in [-0.2, 0) is 13.0 Å². The van der Waals surface area contributed by atoms with Gasteiger partial charge in [0.25, 0.3) is 5.91 Å². The van der Waals surface area contributed by atoms with Crippen molar-refractivity contribution < 1.29 is 13.9 Å². The van der Waals surface area contributed by atoms with Crippen molar-refractivity contribution in [2.24, 2.45) is 0 Å². The SMILES string of the molecule is COc1ccccc1CNC(=O)c1cc(C)nc(NCCc2ccc(F)cc2)n1. The van der Waals surface area contributed by atoms with Crippen LogP contribution >= 0.6 is 0 Å². The number of hydrogen-bond donors (Lipinski definition) is 2. The Labute approximate surface area is 169 Å². The van der Waals surface area contributed by atoms with Gasteiger partial charge in [0.15, 0.2) is 0 Å². The molecule has 7 heteroatoms. The van der Waals surface area contributed by atoms with Crippen LogP contribution in [0.15, 0.2) is 54.6 Å². The van der Waals surface area contributed by atoms with Gasteiger partial charge in [0.1, 0.15) is 17.3 Å². The predicted molar refractivity (Wildman–Crippen MR) is 110 cm³/mol. The fourth-order valence-electron chi connectivity index (χ4n) is 2.85. The lowest BCUT2D eigenvalue weighted by molar-refractivity contribution is 0.0945. The van der Waals surface area contributed by atoms with Crippen molar-refractivity contribution in [3.63, 3.8) is 0 Å². The summed E-state index contributed by atoms with van der Waals surface area (Å²) in [6, 6.07) is 15.5. The summed E-state index contributed by atoms with van der Waals surface area (Å²) < 4.78 is 18.3. The number of para-hydroxylation sites is 1. The Hall–Kier alpha value is -3.48. The highest BCUT2D eigenvalue weighted by atomic mass is 19.1. The number of methoxy groups -OCH3 is 1. The summed E-state index contributed by atoms with van der Waals surface area (Å²) in [4.78, 5) is 21.2. The van der Waals surface area contributed by atoms with Crippen LogP contribution in [0.1, 0.15) is 27.3 Å². The first kappa shape index (κ1) is 20.3. The fraction of sp³-hybridized carbons (Fsp3) is 0.227. The minimum atomic E-state index is -0.289. The van der Waals surface area contributed by atoms with Crippen LogP contribution in [0.25, 0.3) is 0 Å². The van der Waals surface area contributed by atoms with Crippen LogP contribution in [0.5, 0.6) is 5.75 Å². The molecule has 0 aliphatic carbocycles. The molecular formula is C22H23FN4O2. The van der Waals surface area contributed by atoms with Gasteiger partial charge >= 0.3 is 0 Å². The molecule has 3 rings (SSSR count). The summed E-state index contributed by atoms with van der Waals surface area (Å²) in [7, 11) is 1.60. The van der Waals surface area contributed by atoms with E-state index in [9.17, 15) is 9.18 Å². The van der Waals surface area contributed by atoms with Gasteiger partial charge in [-0.1, -0.05) is 30.3 Å². The number of ether oxygens (including phenoxy) is 1. The first-order valence-corrected chi connectivity index (χ1v) is 9.29. The quantitative estimate of drug-likeness (QED) is 0.611. The van der Waals surface area contributed by atoms with E-state index >= 15 is 0 Å². The van der Waals surface area contributed by atoms with Gasteiger partial charge in [-0.2, -0.15) is 0 Å². The highest BCUT2D eigenvalue weighted by molar-refractivity contribution is 5.92. The lowest BCUT2D eigenvalue weighted by atomic mass is 10.1. The molecule has 1 aromatic heterocycles. The first-order valence-electron chi connectivity index (χ1n) is 9.29. The van der Waals surface area contributed by atoms with Crippen LogP contribution in [0, 0.1) is 12.7 Å². The molecule has 0 saturated carbocycles. The van der Waals surface area contributed by atoms with Crippen LogP contribution in [0.2, 0.25) is 0 Å². The van der Waals surface area contributed by atoms with Gasteiger partial charge in [0.2, 0.25) is 5.95 Å². The molecule has 2 aromatic carbocycles. The predicted octanol–water partition coefficient (Wildman–Crippen LogP) is 3.52. The van der Waals surface area contributed by atoms with Gasteiger partial charge in [-0.15, -0.1) is 0 Å². The lowest BCUT2D eigenvalue weighted by Gasteiger charge is -2.11. The Morgan fingerprint density at radius 3 is 2.62 bits per heavy atom. The molecule has 6 nitrogen and oxygen atoms in total. The maximum Gasteiger partial charge on any atom is 0.270 e. The third-order valence-electron chi connectivity index (χ3n) is 4.33. The van der Waals surface area contributed by atoms with E-state index in [4.69, 9.17) is 4.74 Å². The summed E-state index contributed by atoms with van der Waals surface area (Å²) in [6.45, 7) is 2.71. The molecule has 1 amide bonds. The first-order chi connectivity index (χ1) is 14.0. The number of aryl methyl sites for hydroxylation is 1. The van der Waals surface area contributed by atoms with Gasteiger partial charge in [0, 0.05) is 24.3 Å². The van der Waals surface area contributed by atoms with Crippen molar-refractivity contribution in [3.05, 3.63) is 82.9 Å². The van der Waals surface area contributed by atoms with E-state index in [1.165, 1.54) is 12.1 Å². The average molecular weight is 394 g/mol. The van der Waals surface area contributed by atoms with Crippen LogP contribution < -0.4 is 15.4 Å². The molecule has 150 valence electrons. The Morgan fingerprint density at radius 2 is 1.86 bits per heavy atom. The minimum absolute atomic E-state index is 0.257. The van der Waals surface area contributed by atoms with Crippen molar-refractivity contribution in [1.29, 1.82) is 0 Å². The van der Waals surface area contributed by atoms with E-state index in [1.807, 2.05) is 31.2 Å². The third kappa shape index (κ3) is 5.75. The lowest BCUT2D eigenvalue weighted by Crippen LogP contribution is -2.25. The molecule has 0 fully saturated rings. The van der Waals surface area contributed by atoms with Gasteiger partial charge in [-0.05, 0) is 43.2 Å². The zero-order valence-corrected chi connectivity index (χ0v) is 16.4. The fourth-order valence-corrected chi connectivity index (χ4v) is 2.85. The minimum Gasteiger partial charge on any atom is -0.496 e. The summed E-state index contributed by atoms with van der Waals surface area (Å²) in [5.74, 6) is 0.555. The summed E-state index contributed by atoms with van der Waals surface area (Å²) in [5.41, 5.74) is 2.86. The molecule has 0 aliphatic heterocycles. The van der Waals surface area contributed by atoms with E-state index in [1.54, 1.807) is 25.3 Å². The topological polar surface area (TPSA) is 76.1 Å². The number of nitrogens with one attached hydrogen (secondary N) is 2. The molecule has 2 N–H and O–H groups in total. The molecular weight excluding hydrogens is 371 g/mol.